The molecule has 2 heterocycles. The van der Waals surface area contributed by atoms with E-state index in [0.717, 1.165) is 59.0 Å². The van der Waals surface area contributed by atoms with Gasteiger partial charge in [0.05, 0.1) is 22.3 Å². The lowest BCUT2D eigenvalue weighted by Crippen LogP contribution is -2.13. The Morgan fingerprint density at radius 3 is 2.70 bits per heavy atom. The number of hydrogen-bond donors (Lipinski definition) is 1. The van der Waals surface area contributed by atoms with Gasteiger partial charge < -0.3 is 5.32 Å². The number of thiophene rings is 1. The Hall–Kier alpha value is -3.49. The summed E-state index contributed by atoms with van der Waals surface area (Å²) in [7, 11) is 0. The van der Waals surface area contributed by atoms with Crippen molar-refractivity contribution in [2.75, 3.05) is 5.32 Å². The highest BCUT2D eigenvalue weighted by molar-refractivity contribution is 7.16. The lowest BCUT2D eigenvalue weighted by molar-refractivity contribution is 0.102. The van der Waals surface area contributed by atoms with Gasteiger partial charge in [0.2, 0.25) is 0 Å². The number of fused-ring (bicyclic) bond motifs is 2. The zero-order chi connectivity index (χ0) is 22.9. The summed E-state index contributed by atoms with van der Waals surface area (Å²) in [6.45, 7) is 4.13. The average molecular weight is 452 g/mol. The maximum atomic E-state index is 13.6. The summed E-state index contributed by atoms with van der Waals surface area (Å²) >= 11 is 1.56. The normalized spacial score (nSPS) is 13.2. The summed E-state index contributed by atoms with van der Waals surface area (Å²) < 4.78 is 0. The number of benzene rings is 2. The first-order valence-electron chi connectivity index (χ1n) is 11.4. The van der Waals surface area contributed by atoms with E-state index < -0.39 is 0 Å². The number of nitrogens with zero attached hydrogens (tertiary/aromatic N) is 2. The molecule has 0 radical (unpaired) electrons. The number of para-hydroxylation sites is 1. The van der Waals surface area contributed by atoms with Crippen molar-refractivity contribution in [3.05, 3.63) is 81.2 Å². The molecule has 5 heteroatoms. The fraction of sp³-hybridized carbons (Fsp3) is 0.250. The van der Waals surface area contributed by atoms with Crippen molar-refractivity contribution in [1.82, 2.24) is 4.98 Å². The third-order valence-electron chi connectivity index (χ3n) is 6.38. The minimum absolute atomic E-state index is 0.201. The second-order valence-corrected chi connectivity index (χ2v) is 9.83. The van der Waals surface area contributed by atoms with Crippen LogP contribution < -0.4 is 5.32 Å². The lowest BCUT2D eigenvalue weighted by atomic mass is 9.99. The fourth-order valence-corrected chi connectivity index (χ4v) is 5.96. The molecule has 5 rings (SSSR count). The predicted molar refractivity (Wildman–Crippen MR) is 135 cm³/mol. The summed E-state index contributed by atoms with van der Waals surface area (Å²) in [5, 5.41) is 14.4. The quantitative estimate of drug-likeness (QED) is 0.342. The molecule has 4 nitrogen and oxygen atoms in total. The molecule has 33 heavy (non-hydrogen) atoms. The van der Waals surface area contributed by atoms with E-state index in [1.165, 1.54) is 16.9 Å². The maximum absolute atomic E-state index is 13.6. The third-order valence-corrected chi connectivity index (χ3v) is 7.59. The smallest absolute Gasteiger partial charge is 0.257 e. The van der Waals surface area contributed by atoms with Crippen molar-refractivity contribution < 1.29 is 4.79 Å². The van der Waals surface area contributed by atoms with Gasteiger partial charge in [0.15, 0.2) is 0 Å². The summed E-state index contributed by atoms with van der Waals surface area (Å²) in [6, 6.07) is 18.2. The van der Waals surface area contributed by atoms with Gasteiger partial charge in [-0.25, -0.2) is 4.98 Å². The van der Waals surface area contributed by atoms with Crippen LogP contribution in [0, 0.1) is 25.2 Å². The highest BCUT2D eigenvalue weighted by Crippen LogP contribution is 2.37. The molecule has 4 aromatic rings. The Labute approximate surface area is 197 Å². The number of rotatable bonds is 3. The molecule has 0 aliphatic heterocycles. The molecule has 0 saturated heterocycles. The molecule has 1 N–H and O–H groups in total. The van der Waals surface area contributed by atoms with Crippen molar-refractivity contribution in [2.24, 2.45) is 0 Å². The van der Waals surface area contributed by atoms with Crippen LogP contribution in [0.25, 0.3) is 22.2 Å². The molecule has 0 unspecified atom stereocenters. The highest BCUT2D eigenvalue weighted by atomic mass is 32.1. The second-order valence-electron chi connectivity index (χ2n) is 8.73. The fourth-order valence-electron chi connectivity index (χ4n) is 4.72. The topological polar surface area (TPSA) is 65.8 Å². The van der Waals surface area contributed by atoms with E-state index in [9.17, 15) is 10.1 Å². The SMILES string of the molecule is Cc1ccc(-c2cc(C(=O)Nc3sc4c(c3C#N)CCCCC4)c3ccccc3n2)c(C)c1. The number of carbonyl (C=O) groups is 1. The number of carbonyl (C=O) groups excluding carboxylic acids is 1. The lowest BCUT2D eigenvalue weighted by Gasteiger charge is -2.12. The maximum Gasteiger partial charge on any atom is 0.257 e. The molecule has 1 aliphatic rings. The van der Waals surface area contributed by atoms with Gasteiger partial charge in [-0.05, 0) is 62.8 Å². The van der Waals surface area contributed by atoms with Crippen molar-refractivity contribution in [2.45, 2.75) is 46.0 Å². The minimum atomic E-state index is -0.201. The largest absolute Gasteiger partial charge is 0.312 e. The van der Waals surface area contributed by atoms with Crippen LogP contribution in [-0.4, -0.2) is 10.9 Å². The zero-order valence-electron chi connectivity index (χ0n) is 18.9. The molecular weight excluding hydrogens is 426 g/mol. The van der Waals surface area contributed by atoms with Crippen molar-refractivity contribution in [3.63, 3.8) is 0 Å². The number of nitriles is 1. The van der Waals surface area contributed by atoms with Crippen LogP contribution in [-0.2, 0) is 12.8 Å². The van der Waals surface area contributed by atoms with E-state index in [1.807, 2.05) is 30.3 Å². The first-order chi connectivity index (χ1) is 16.0. The Kier molecular flexibility index (Phi) is 5.70. The van der Waals surface area contributed by atoms with Gasteiger partial charge in [-0.1, -0.05) is 48.4 Å². The highest BCUT2D eigenvalue weighted by Gasteiger charge is 2.22. The molecule has 0 fully saturated rings. The monoisotopic (exact) mass is 451 g/mol. The molecule has 1 aliphatic carbocycles. The van der Waals surface area contributed by atoms with Crippen LogP contribution >= 0.6 is 11.3 Å². The average Bonchev–Trinajstić information content (AvgIpc) is 2.96. The van der Waals surface area contributed by atoms with E-state index in [4.69, 9.17) is 4.98 Å². The van der Waals surface area contributed by atoms with Gasteiger partial charge in [0, 0.05) is 15.8 Å². The molecule has 164 valence electrons. The van der Waals surface area contributed by atoms with Gasteiger partial charge in [-0.3, -0.25) is 4.79 Å². The Balaban J connectivity index is 1.59. The minimum Gasteiger partial charge on any atom is -0.312 e. The van der Waals surface area contributed by atoms with Crippen LogP contribution in [0.1, 0.15) is 56.8 Å². The summed E-state index contributed by atoms with van der Waals surface area (Å²) in [6.07, 6.45) is 5.33. The molecule has 0 bridgehead atoms. The molecule has 2 aromatic heterocycles. The van der Waals surface area contributed by atoms with E-state index >= 15 is 0 Å². The standard InChI is InChI=1S/C28H25N3OS/c1-17-12-13-19(18(2)14-17)25-15-22(20-8-6-7-10-24(20)30-25)27(32)31-28-23(16-29)21-9-4-3-5-11-26(21)33-28/h6-8,10,12-15H,3-5,9,11H2,1-2H3,(H,31,32). The van der Waals surface area contributed by atoms with Crippen molar-refractivity contribution in [1.29, 1.82) is 5.26 Å². The van der Waals surface area contributed by atoms with Gasteiger partial charge in [-0.2, -0.15) is 5.26 Å². The van der Waals surface area contributed by atoms with Crippen LogP contribution in [0.15, 0.2) is 48.5 Å². The van der Waals surface area contributed by atoms with E-state index in [1.54, 1.807) is 11.3 Å². The van der Waals surface area contributed by atoms with E-state index in [-0.39, 0.29) is 5.91 Å². The molecule has 0 spiro atoms. The summed E-state index contributed by atoms with van der Waals surface area (Å²) in [5.41, 5.74) is 7.23. The molecule has 2 aromatic carbocycles. The van der Waals surface area contributed by atoms with E-state index in [0.29, 0.717) is 16.1 Å². The van der Waals surface area contributed by atoms with Crippen LogP contribution in [0.5, 0.6) is 0 Å². The van der Waals surface area contributed by atoms with Crippen LogP contribution in [0.2, 0.25) is 0 Å². The zero-order valence-corrected chi connectivity index (χ0v) is 19.7. The molecule has 1 amide bonds. The van der Waals surface area contributed by atoms with Gasteiger partial charge in [0.1, 0.15) is 11.1 Å². The van der Waals surface area contributed by atoms with Gasteiger partial charge in [0.25, 0.3) is 5.91 Å². The number of hydrogen-bond acceptors (Lipinski definition) is 4. The van der Waals surface area contributed by atoms with Crippen LogP contribution in [0.3, 0.4) is 0 Å². The van der Waals surface area contributed by atoms with Gasteiger partial charge in [-0.15, -0.1) is 11.3 Å². The third kappa shape index (κ3) is 4.03. The molecule has 0 saturated carbocycles. The van der Waals surface area contributed by atoms with E-state index in [2.05, 4.69) is 43.4 Å². The number of aromatic nitrogens is 1. The van der Waals surface area contributed by atoms with Gasteiger partial charge >= 0.3 is 0 Å². The summed E-state index contributed by atoms with van der Waals surface area (Å²) in [5.74, 6) is -0.201. The number of pyridine rings is 1. The number of aryl methyl sites for hydroxylation is 3. The number of nitrogens with one attached hydrogen (secondary N) is 1. The summed E-state index contributed by atoms with van der Waals surface area (Å²) in [4.78, 5) is 19.7. The number of anilines is 1. The van der Waals surface area contributed by atoms with Crippen LogP contribution in [0.4, 0.5) is 5.00 Å². The second kappa shape index (κ2) is 8.80. The Morgan fingerprint density at radius 1 is 1.06 bits per heavy atom. The van der Waals surface area contributed by atoms with Crippen molar-refractivity contribution >= 4 is 33.1 Å². The molecular formula is C28H25N3OS. The first-order valence-corrected chi connectivity index (χ1v) is 12.2. The van der Waals surface area contributed by atoms with Crippen molar-refractivity contribution in [3.8, 4) is 17.3 Å². The first kappa shape index (κ1) is 21.4. The Morgan fingerprint density at radius 2 is 1.88 bits per heavy atom. The predicted octanol–water partition coefficient (Wildman–Crippen LogP) is 6.97. The Bertz CT molecular complexity index is 1430. The number of amides is 1. The molecule has 0 atom stereocenters.